The van der Waals surface area contributed by atoms with E-state index in [1.807, 2.05) is 21.7 Å². The number of thiophene rings is 1. The average Bonchev–Trinajstić information content (AvgIpc) is 3.30. The van der Waals surface area contributed by atoms with E-state index in [9.17, 15) is 4.79 Å². The number of hydrogen-bond donors (Lipinski definition) is 0. The van der Waals surface area contributed by atoms with Crippen molar-refractivity contribution in [2.75, 3.05) is 26.2 Å². The van der Waals surface area contributed by atoms with Crippen LogP contribution in [-0.2, 0) is 11.2 Å². The molecule has 4 rings (SSSR count). The highest BCUT2D eigenvalue weighted by Crippen LogP contribution is 2.22. The topological polar surface area (TPSA) is 62.5 Å². The van der Waals surface area contributed by atoms with Crippen LogP contribution in [-0.4, -0.2) is 58.1 Å². The normalized spacial score (nSPS) is 21.7. The Morgan fingerprint density at radius 2 is 2.29 bits per heavy atom. The second-order valence-corrected chi connectivity index (χ2v) is 7.33. The molecule has 2 aliphatic heterocycles. The van der Waals surface area contributed by atoms with Crippen molar-refractivity contribution in [3.05, 3.63) is 22.7 Å². The molecular weight excluding hydrogens is 324 g/mol. The molecule has 7 heteroatoms. The summed E-state index contributed by atoms with van der Waals surface area (Å²) in [5.41, 5.74) is 0.967. The standard InChI is InChI=1S/C17H22N4O2S/c22-16(21-9-8-20-7-2-1-3-14(20)11-21)5-4-15-18-17(19-23-15)13-6-10-24-12-13/h6,10,12,14H,1-5,7-9,11H2/t14-/m1/s1. The molecule has 24 heavy (non-hydrogen) atoms. The van der Waals surface area contributed by atoms with E-state index in [0.717, 1.165) is 25.2 Å². The minimum atomic E-state index is 0.204. The summed E-state index contributed by atoms with van der Waals surface area (Å²) in [7, 11) is 0. The second kappa shape index (κ2) is 7.03. The van der Waals surface area contributed by atoms with Crippen LogP contribution in [0, 0.1) is 0 Å². The van der Waals surface area contributed by atoms with Gasteiger partial charge in [0.15, 0.2) is 0 Å². The van der Waals surface area contributed by atoms with Crippen LogP contribution >= 0.6 is 11.3 Å². The first-order valence-electron chi connectivity index (χ1n) is 8.66. The molecule has 0 saturated carbocycles. The van der Waals surface area contributed by atoms with Crippen molar-refractivity contribution in [3.63, 3.8) is 0 Å². The second-order valence-electron chi connectivity index (χ2n) is 6.55. The first-order chi connectivity index (χ1) is 11.8. The third kappa shape index (κ3) is 3.37. The first-order valence-corrected chi connectivity index (χ1v) is 9.61. The van der Waals surface area contributed by atoms with Gasteiger partial charge in [-0.1, -0.05) is 11.6 Å². The van der Waals surface area contributed by atoms with E-state index >= 15 is 0 Å². The Hall–Kier alpha value is -1.73. The van der Waals surface area contributed by atoms with Crippen LogP contribution in [0.1, 0.15) is 31.6 Å². The number of aromatic nitrogens is 2. The molecule has 128 valence electrons. The molecule has 1 amide bonds. The lowest BCUT2D eigenvalue weighted by molar-refractivity contribution is -0.134. The molecule has 2 aromatic heterocycles. The van der Waals surface area contributed by atoms with Gasteiger partial charge in [-0.3, -0.25) is 9.69 Å². The summed E-state index contributed by atoms with van der Waals surface area (Å²) in [4.78, 5) is 21.4. The van der Waals surface area contributed by atoms with Gasteiger partial charge >= 0.3 is 0 Å². The number of piperazine rings is 1. The van der Waals surface area contributed by atoms with E-state index in [-0.39, 0.29) is 5.91 Å². The number of aryl methyl sites for hydroxylation is 1. The lowest BCUT2D eigenvalue weighted by atomic mass is 9.99. The Labute approximate surface area is 145 Å². The van der Waals surface area contributed by atoms with Crippen molar-refractivity contribution in [2.24, 2.45) is 0 Å². The van der Waals surface area contributed by atoms with Crippen molar-refractivity contribution < 1.29 is 9.32 Å². The van der Waals surface area contributed by atoms with E-state index in [4.69, 9.17) is 4.52 Å². The molecule has 6 nitrogen and oxygen atoms in total. The molecule has 2 fully saturated rings. The Morgan fingerprint density at radius 1 is 1.33 bits per heavy atom. The summed E-state index contributed by atoms with van der Waals surface area (Å²) in [6.45, 7) is 3.93. The fourth-order valence-electron chi connectivity index (χ4n) is 3.62. The Morgan fingerprint density at radius 3 is 3.17 bits per heavy atom. The molecule has 0 aromatic carbocycles. The monoisotopic (exact) mass is 346 g/mol. The number of carbonyl (C=O) groups excluding carboxylic acids is 1. The Kier molecular flexibility index (Phi) is 4.62. The SMILES string of the molecule is O=C(CCc1nc(-c2ccsc2)no1)N1CCN2CCCC[C@@H]2C1. The lowest BCUT2D eigenvalue weighted by Crippen LogP contribution is -2.56. The summed E-state index contributed by atoms with van der Waals surface area (Å²) in [5.74, 6) is 1.35. The van der Waals surface area contributed by atoms with Crippen LogP contribution in [0.3, 0.4) is 0 Å². The van der Waals surface area contributed by atoms with E-state index in [2.05, 4.69) is 15.0 Å². The van der Waals surface area contributed by atoms with Crippen LogP contribution in [0.15, 0.2) is 21.3 Å². The third-order valence-electron chi connectivity index (χ3n) is 4.99. The van der Waals surface area contributed by atoms with Gasteiger partial charge in [-0.05, 0) is 30.8 Å². The summed E-state index contributed by atoms with van der Waals surface area (Å²) in [6, 6.07) is 2.53. The zero-order valence-electron chi connectivity index (χ0n) is 13.7. The molecule has 1 atom stereocenters. The summed E-state index contributed by atoms with van der Waals surface area (Å²) in [6.07, 6.45) is 4.76. The predicted octanol–water partition coefficient (Wildman–Crippen LogP) is 2.43. The van der Waals surface area contributed by atoms with Gasteiger partial charge < -0.3 is 9.42 Å². The van der Waals surface area contributed by atoms with Crippen LogP contribution in [0.25, 0.3) is 11.4 Å². The fraction of sp³-hybridized carbons (Fsp3) is 0.588. The molecule has 0 unspecified atom stereocenters. The molecular formula is C17H22N4O2S. The molecule has 0 aliphatic carbocycles. The quantitative estimate of drug-likeness (QED) is 0.851. The molecule has 0 radical (unpaired) electrons. The number of nitrogens with zero attached hydrogens (tertiary/aromatic N) is 4. The van der Waals surface area contributed by atoms with Crippen LogP contribution in [0.2, 0.25) is 0 Å². The molecule has 0 bridgehead atoms. The zero-order chi connectivity index (χ0) is 16.4. The molecule has 2 aromatic rings. The number of hydrogen-bond acceptors (Lipinski definition) is 6. The molecule has 4 heterocycles. The number of carbonyl (C=O) groups is 1. The van der Waals surface area contributed by atoms with Crippen LogP contribution < -0.4 is 0 Å². The summed E-state index contributed by atoms with van der Waals surface area (Å²) >= 11 is 1.60. The number of amides is 1. The molecule has 0 spiro atoms. The predicted molar refractivity (Wildman–Crippen MR) is 91.7 cm³/mol. The van der Waals surface area contributed by atoms with Crippen molar-refractivity contribution in [3.8, 4) is 11.4 Å². The van der Waals surface area contributed by atoms with Gasteiger partial charge in [0.25, 0.3) is 0 Å². The van der Waals surface area contributed by atoms with E-state index in [1.165, 1.54) is 25.8 Å². The Balaban J connectivity index is 1.30. The Bertz CT molecular complexity index is 685. The third-order valence-corrected chi connectivity index (χ3v) is 5.67. The highest BCUT2D eigenvalue weighted by atomic mass is 32.1. The number of fused-ring (bicyclic) bond motifs is 1. The van der Waals surface area contributed by atoms with Gasteiger partial charge in [0, 0.05) is 49.5 Å². The lowest BCUT2D eigenvalue weighted by Gasteiger charge is -2.44. The molecule has 2 aliphatic rings. The fourth-order valence-corrected chi connectivity index (χ4v) is 4.25. The van der Waals surface area contributed by atoms with Gasteiger partial charge in [0.2, 0.25) is 17.6 Å². The minimum Gasteiger partial charge on any atom is -0.340 e. The van der Waals surface area contributed by atoms with E-state index in [0.29, 0.717) is 30.6 Å². The number of rotatable bonds is 4. The minimum absolute atomic E-state index is 0.204. The maximum Gasteiger partial charge on any atom is 0.227 e. The van der Waals surface area contributed by atoms with Crippen LogP contribution in [0.5, 0.6) is 0 Å². The highest BCUT2D eigenvalue weighted by Gasteiger charge is 2.30. The number of piperidine rings is 1. The zero-order valence-corrected chi connectivity index (χ0v) is 14.5. The van der Waals surface area contributed by atoms with Crippen molar-refractivity contribution in [1.29, 1.82) is 0 Å². The van der Waals surface area contributed by atoms with Crippen molar-refractivity contribution in [2.45, 2.75) is 38.1 Å². The van der Waals surface area contributed by atoms with E-state index in [1.54, 1.807) is 11.3 Å². The molecule has 0 N–H and O–H groups in total. The van der Waals surface area contributed by atoms with Gasteiger partial charge in [0.1, 0.15) is 0 Å². The average molecular weight is 346 g/mol. The first kappa shape index (κ1) is 15.8. The van der Waals surface area contributed by atoms with Crippen molar-refractivity contribution >= 4 is 17.2 Å². The molecule has 2 saturated heterocycles. The smallest absolute Gasteiger partial charge is 0.227 e. The van der Waals surface area contributed by atoms with Gasteiger partial charge in [-0.2, -0.15) is 16.3 Å². The maximum absolute atomic E-state index is 12.5. The van der Waals surface area contributed by atoms with Crippen LogP contribution in [0.4, 0.5) is 0 Å². The highest BCUT2D eigenvalue weighted by molar-refractivity contribution is 7.08. The maximum atomic E-state index is 12.5. The van der Waals surface area contributed by atoms with Gasteiger partial charge in [-0.25, -0.2) is 0 Å². The summed E-state index contributed by atoms with van der Waals surface area (Å²) < 4.78 is 5.28. The van der Waals surface area contributed by atoms with E-state index < -0.39 is 0 Å². The van der Waals surface area contributed by atoms with Gasteiger partial charge in [-0.15, -0.1) is 0 Å². The largest absolute Gasteiger partial charge is 0.340 e. The van der Waals surface area contributed by atoms with Gasteiger partial charge in [0.05, 0.1) is 0 Å². The van der Waals surface area contributed by atoms with Crippen molar-refractivity contribution in [1.82, 2.24) is 19.9 Å². The summed E-state index contributed by atoms with van der Waals surface area (Å²) in [5, 5.41) is 7.97.